The van der Waals surface area contributed by atoms with Gasteiger partial charge in [-0.3, -0.25) is 4.79 Å². The molecule has 1 amide bonds. The Balaban J connectivity index is 2.10. The number of hydrogen-bond acceptors (Lipinski definition) is 2. The Morgan fingerprint density at radius 1 is 1.25 bits per heavy atom. The molecule has 1 aromatic rings. The number of piperidine rings is 1. The molecule has 1 aliphatic heterocycles. The van der Waals surface area contributed by atoms with Crippen molar-refractivity contribution in [1.82, 2.24) is 4.90 Å². The number of thiol groups is 1. The second kappa shape index (κ2) is 6.21. The van der Waals surface area contributed by atoms with E-state index in [9.17, 15) is 4.79 Å². The highest BCUT2D eigenvalue weighted by Gasteiger charge is 2.33. The molecule has 0 N–H and O–H groups in total. The third-order valence-corrected chi connectivity index (χ3v) is 5.34. The van der Waals surface area contributed by atoms with E-state index >= 15 is 0 Å². The first kappa shape index (κ1) is 15.4. The van der Waals surface area contributed by atoms with E-state index in [1.807, 2.05) is 30.0 Å². The molecule has 1 aliphatic rings. The molecule has 0 bridgehead atoms. The highest BCUT2D eigenvalue weighted by Crippen LogP contribution is 2.38. The number of likely N-dealkylation sites (tertiary alicyclic amines) is 1. The quantitative estimate of drug-likeness (QED) is 0.822. The molecule has 2 rings (SSSR count). The summed E-state index contributed by atoms with van der Waals surface area (Å²) in [5.41, 5.74) is 2.30. The zero-order valence-electron chi connectivity index (χ0n) is 12.8. The van der Waals surface area contributed by atoms with E-state index in [1.165, 1.54) is 12.8 Å². The Hall–Kier alpha value is -0.960. The summed E-state index contributed by atoms with van der Waals surface area (Å²) in [5, 5.41) is 0. The van der Waals surface area contributed by atoms with E-state index in [0.717, 1.165) is 42.0 Å². The Bertz CT molecular complexity index is 484. The summed E-state index contributed by atoms with van der Waals surface area (Å²) in [7, 11) is 0. The Labute approximate surface area is 128 Å². The summed E-state index contributed by atoms with van der Waals surface area (Å²) in [6.45, 7) is 8.31. The Morgan fingerprint density at radius 2 is 1.85 bits per heavy atom. The lowest BCUT2D eigenvalue weighted by Gasteiger charge is -2.41. The summed E-state index contributed by atoms with van der Waals surface area (Å²) < 4.78 is 0. The fourth-order valence-corrected chi connectivity index (χ4v) is 3.36. The van der Waals surface area contributed by atoms with Crippen LogP contribution in [-0.4, -0.2) is 23.9 Å². The fourth-order valence-electron chi connectivity index (χ4n) is 3.15. The van der Waals surface area contributed by atoms with Crippen LogP contribution in [-0.2, 0) is 0 Å². The lowest BCUT2D eigenvalue weighted by atomic mass is 9.74. The number of amides is 1. The molecule has 0 aromatic heterocycles. The van der Waals surface area contributed by atoms with Crippen LogP contribution in [0.2, 0.25) is 0 Å². The van der Waals surface area contributed by atoms with Gasteiger partial charge in [-0.2, -0.15) is 0 Å². The molecule has 0 spiro atoms. The lowest BCUT2D eigenvalue weighted by molar-refractivity contribution is 0.0557. The average Bonchev–Trinajstić information content (AvgIpc) is 2.49. The zero-order valence-corrected chi connectivity index (χ0v) is 13.7. The number of carbonyl (C=O) groups excluding carboxylic acids is 1. The Morgan fingerprint density at radius 3 is 2.40 bits per heavy atom. The number of hydrogen-bond donors (Lipinski definition) is 1. The summed E-state index contributed by atoms with van der Waals surface area (Å²) in [6, 6.07) is 5.80. The molecule has 3 heteroatoms. The van der Waals surface area contributed by atoms with E-state index in [0.29, 0.717) is 5.41 Å². The van der Waals surface area contributed by atoms with Crippen LogP contribution in [0.3, 0.4) is 0 Å². The highest BCUT2D eigenvalue weighted by molar-refractivity contribution is 7.80. The van der Waals surface area contributed by atoms with Crippen LogP contribution in [0.15, 0.2) is 23.1 Å². The minimum atomic E-state index is 0.166. The minimum Gasteiger partial charge on any atom is -0.339 e. The first-order chi connectivity index (χ1) is 9.51. The molecular weight excluding hydrogens is 266 g/mol. The van der Waals surface area contributed by atoms with Crippen molar-refractivity contribution in [3.63, 3.8) is 0 Å². The maximum Gasteiger partial charge on any atom is 0.254 e. The second-order valence-electron chi connectivity index (χ2n) is 6.00. The maximum atomic E-state index is 12.7. The summed E-state index contributed by atoms with van der Waals surface area (Å²) in [4.78, 5) is 15.5. The van der Waals surface area contributed by atoms with Crippen LogP contribution < -0.4 is 0 Å². The molecule has 0 unspecified atom stereocenters. The van der Waals surface area contributed by atoms with Crippen molar-refractivity contribution in [3.8, 4) is 0 Å². The van der Waals surface area contributed by atoms with E-state index in [1.54, 1.807) is 0 Å². The number of rotatable bonds is 3. The molecule has 20 heavy (non-hydrogen) atoms. The molecular formula is C17H25NOS. The van der Waals surface area contributed by atoms with Gasteiger partial charge in [0.15, 0.2) is 0 Å². The van der Waals surface area contributed by atoms with Crippen molar-refractivity contribution in [1.29, 1.82) is 0 Å². The van der Waals surface area contributed by atoms with Gasteiger partial charge < -0.3 is 4.90 Å². The number of aryl methyl sites for hydroxylation is 1. The van der Waals surface area contributed by atoms with Crippen molar-refractivity contribution in [3.05, 3.63) is 29.3 Å². The molecule has 0 saturated carbocycles. The predicted octanol–water partition coefficient (Wildman–Crippen LogP) is 4.33. The largest absolute Gasteiger partial charge is 0.339 e. The number of carbonyl (C=O) groups is 1. The van der Waals surface area contributed by atoms with Gasteiger partial charge >= 0.3 is 0 Å². The molecule has 1 aromatic carbocycles. The van der Waals surface area contributed by atoms with E-state index in [2.05, 4.69) is 26.5 Å². The van der Waals surface area contributed by atoms with E-state index < -0.39 is 0 Å². The van der Waals surface area contributed by atoms with Crippen LogP contribution in [0.5, 0.6) is 0 Å². The van der Waals surface area contributed by atoms with Gasteiger partial charge in [-0.15, -0.1) is 12.6 Å². The molecule has 110 valence electrons. The number of benzene rings is 1. The van der Waals surface area contributed by atoms with Crippen LogP contribution in [0.1, 0.15) is 55.5 Å². The molecule has 1 heterocycles. The number of nitrogens with zero attached hydrogens (tertiary/aromatic N) is 1. The van der Waals surface area contributed by atoms with Crippen LogP contribution in [0.4, 0.5) is 0 Å². The SMILES string of the molecule is CCC1(CC)CCN(C(=O)c2cc(S)ccc2C)CC1. The van der Waals surface area contributed by atoms with Crippen LogP contribution in [0, 0.1) is 12.3 Å². The smallest absolute Gasteiger partial charge is 0.254 e. The molecule has 1 fully saturated rings. The molecule has 0 atom stereocenters. The average molecular weight is 291 g/mol. The lowest BCUT2D eigenvalue weighted by Crippen LogP contribution is -2.43. The molecule has 2 nitrogen and oxygen atoms in total. The first-order valence-corrected chi connectivity index (χ1v) is 8.05. The van der Waals surface area contributed by atoms with Crippen molar-refractivity contribution in [2.24, 2.45) is 5.41 Å². The predicted molar refractivity (Wildman–Crippen MR) is 86.6 cm³/mol. The van der Waals surface area contributed by atoms with E-state index in [-0.39, 0.29) is 5.91 Å². The third kappa shape index (κ3) is 3.03. The normalized spacial score (nSPS) is 18.1. The van der Waals surface area contributed by atoms with E-state index in [4.69, 9.17) is 0 Å². The minimum absolute atomic E-state index is 0.166. The topological polar surface area (TPSA) is 20.3 Å². The standard InChI is InChI=1S/C17H25NOS/c1-4-17(5-2)8-10-18(11-9-17)16(19)15-12-14(20)7-6-13(15)3/h6-7,12,20H,4-5,8-11H2,1-3H3. The van der Waals surface area contributed by atoms with Gasteiger partial charge in [0, 0.05) is 23.5 Å². The first-order valence-electron chi connectivity index (χ1n) is 7.60. The monoisotopic (exact) mass is 291 g/mol. The zero-order chi connectivity index (χ0) is 14.8. The van der Waals surface area contributed by atoms with Gasteiger partial charge in [-0.25, -0.2) is 0 Å². The van der Waals surface area contributed by atoms with Gasteiger partial charge in [-0.1, -0.05) is 32.8 Å². The molecule has 1 saturated heterocycles. The van der Waals surface area contributed by atoms with Crippen LogP contribution in [0.25, 0.3) is 0 Å². The molecule has 0 radical (unpaired) electrons. The van der Waals surface area contributed by atoms with Gasteiger partial charge in [0.25, 0.3) is 5.91 Å². The molecule has 0 aliphatic carbocycles. The summed E-state index contributed by atoms with van der Waals surface area (Å²) in [6.07, 6.45) is 4.70. The fraction of sp³-hybridized carbons (Fsp3) is 0.588. The Kier molecular flexibility index (Phi) is 4.79. The van der Waals surface area contributed by atoms with Crippen LogP contribution >= 0.6 is 12.6 Å². The van der Waals surface area contributed by atoms with Crippen molar-refractivity contribution in [2.45, 2.75) is 51.3 Å². The highest BCUT2D eigenvalue weighted by atomic mass is 32.1. The van der Waals surface area contributed by atoms with Crippen molar-refractivity contribution < 1.29 is 4.79 Å². The maximum absolute atomic E-state index is 12.7. The van der Waals surface area contributed by atoms with Gasteiger partial charge in [-0.05, 0) is 42.9 Å². The third-order valence-electron chi connectivity index (χ3n) is 5.06. The van der Waals surface area contributed by atoms with Crippen molar-refractivity contribution in [2.75, 3.05) is 13.1 Å². The summed E-state index contributed by atoms with van der Waals surface area (Å²) in [5.74, 6) is 0.166. The summed E-state index contributed by atoms with van der Waals surface area (Å²) >= 11 is 4.35. The van der Waals surface area contributed by atoms with Gasteiger partial charge in [0.05, 0.1) is 0 Å². The van der Waals surface area contributed by atoms with Crippen molar-refractivity contribution >= 4 is 18.5 Å². The van der Waals surface area contributed by atoms with Gasteiger partial charge in [0.2, 0.25) is 0 Å². The van der Waals surface area contributed by atoms with Gasteiger partial charge in [0.1, 0.15) is 0 Å². The second-order valence-corrected chi connectivity index (χ2v) is 6.51.